The van der Waals surface area contributed by atoms with Gasteiger partial charge >= 0.3 is 0 Å². The van der Waals surface area contributed by atoms with E-state index < -0.39 is 5.25 Å². The van der Waals surface area contributed by atoms with Crippen LogP contribution in [0.5, 0.6) is 0 Å². The maximum atomic E-state index is 12.8. The predicted molar refractivity (Wildman–Crippen MR) is 90.4 cm³/mol. The van der Waals surface area contributed by atoms with Crippen LogP contribution in [0.4, 0.5) is 4.39 Å². The van der Waals surface area contributed by atoms with Gasteiger partial charge in [-0.2, -0.15) is 0 Å². The first-order chi connectivity index (χ1) is 12.1. The molecule has 130 valence electrons. The number of furan rings is 1. The van der Waals surface area contributed by atoms with E-state index in [4.69, 9.17) is 8.83 Å². The minimum atomic E-state index is -0.391. The molecule has 1 N–H and O–H groups in total. The smallest absolute Gasteiger partial charge is 0.284 e. The lowest BCUT2D eigenvalue weighted by Crippen LogP contribution is -2.32. The van der Waals surface area contributed by atoms with E-state index in [0.717, 1.165) is 5.56 Å². The number of rotatable bonds is 7. The van der Waals surface area contributed by atoms with Crippen molar-refractivity contribution in [1.29, 1.82) is 0 Å². The first kappa shape index (κ1) is 17.2. The van der Waals surface area contributed by atoms with Crippen molar-refractivity contribution in [3.8, 4) is 11.7 Å². The van der Waals surface area contributed by atoms with E-state index in [0.29, 0.717) is 23.9 Å². The van der Waals surface area contributed by atoms with Gasteiger partial charge in [0.15, 0.2) is 5.76 Å². The van der Waals surface area contributed by atoms with Gasteiger partial charge in [-0.05, 0) is 43.2 Å². The molecule has 3 aromatic rings. The summed E-state index contributed by atoms with van der Waals surface area (Å²) < 4.78 is 23.5. The van der Waals surface area contributed by atoms with Crippen LogP contribution in [0, 0.1) is 5.82 Å². The van der Waals surface area contributed by atoms with Crippen molar-refractivity contribution in [1.82, 2.24) is 15.5 Å². The zero-order valence-electron chi connectivity index (χ0n) is 13.4. The second-order valence-electron chi connectivity index (χ2n) is 5.28. The number of aromatic nitrogens is 2. The SMILES string of the molecule is C[C@@H](Sc1nnc(-c2ccco2)o1)C(=O)NCCc1ccc(F)cc1. The normalized spacial score (nSPS) is 12.1. The number of nitrogens with one attached hydrogen (secondary N) is 1. The van der Waals surface area contributed by atoms with E-state index in [1.165, 1.54) is 30.2 Å². The maximum absolute atomic E-state index is 12.8. The summed E-state index contributed by atoms with van der Waals surface area (Å²) in [5.41, 5.74) is 0.960. The highest BCUT2D eigenvalue weighted by atomic mass is 32.2. The Kier molecular flexibility index (Phi) is 5.49. The van der Waals surface area contributed by atoms with Gasteiger partial charge in [-0.1, -0.05) is 23.9 Å². The Morgan fingerprint density at radius 1 is 1.28 bits per heavy atom. The predicted octanol–water partition coefficient (Wildman–Crippen LogP) is 3.31. The second-order valence-corrected chi connectivity index (χ2v) is 6.57. The standard InChI is InChI=1S/C17H16FN3O3S/c1-11(15(22)19-9-8-12-4-6-13(18)7-5-12)25-17-21-20-16(24-17)14-3-2-10-23-14/h2-7,10-11H,8-9H2,1H3,(H,19,22)/t11-/m1/s1. The Morgan fingerprint density at radius 3 is 2.80 bits per heavy atom. The maximum Gasteiger partial charge on any atom is 0.284 e. The number of hydrogen-bond donors (Lipinski definition) is 1. The van der Waals surface area contributed by atoms with E-state index in [-0.39, 0.29) is 17.6 Å². The number of amides is 1. The van der Waals surface area contributed by atoms with E-state index in [9.17, 15) is 9.18 Å². The largest absolute Gasteiger partial charge is 0.459 e. The molecule has 1 aromatic carbocycles. The van der Waals surface area contributed by atoms with Gasteiger partial charge in [0.25, 0.3) is 11.1 Å². The summed E-state index contributed by atoms with van der Waals surface area (Å²) in [5, 5.41) is 10.5. The fraction of sp³-hybridized carbons (Fsp3) is 0.235. The summed E-state index contributed by atoms with van der Waals surface area (Å²) in [4.78, 5) is 12.1. The number of benzene rings is 1. The number of carbonyl (C=O) groups excluding carboxylic acids is 1. The third-order valence-electron chi connectivity index (χ3n) is 3.41. The zero-order valence-corrected chi connectivity index (χ0v) is 14.3. The van der Waals surface area contributed by atoms with Crippen LogP contribution < -0.4 is 5.32 Å². The monoisotopic (exact) mass is 361 g/mol. The molecular formula is C17H16FN3O3S. The number of nitrogens with zero attached hydrogens (tertiary/aromatic N) is 2. The van der Waals surface area contributed by atoms with Crippen LogP contribution in [-0.2, 0) is 11.2 Å². The molecule has 1 amide bonds. The molecule has 25 heavy (non-hydrogen) atoms. The van der Waals surface area contributed by atoms with E-state index >= 15 is 0 Å². The van der Waals surface area contributed by atoms with Crippen LogP contribution in [0.15, 0.2) is 56.7 Å². The number of thioether (sulfide) groups is 1. The Balaban J connectivity index is 1.46. The number of hydrogen-bond acceptors (Lipinski definition) is 6. The highest BCUT2D eigenvalue weighted by molar-refractivity contribution is 8.00. The van der Waals surface area contributed by atoms with Crippen molar-refractivity contribution >= 4 is 17.7 Å². The summed E-state index contributed by atoms with van der Waals surface area (Å²) >= 11 is 1.17. The topological polar surface area (TPSA) is 81.2 Å². The average molecular weight is 361 g/mol. The molecule has 0 aliphatic carbocycles. The van der Waals surface area contributed by atoms with E-state index in [1.807, 2.05) is 0 Å². The minimum Gasteiger partial charge on any atom is -0.459 e. The Bertz CT molecular complexity index is 818. The molecule has 0 unspecified atom stereocenters. The van der Waals surface area contributed by atoms with Gasteiger partial charge in [0, 0.05) is 6.54 Å². The van der Waals surface area contributed by atoms with Crippen LogP contribution >= 0.6 is 11.8 Å². The van der Waals surface area contributed by atoms with Crippen molar-refractivity contribution in [3.05, 3.63) is 54.0 Å². The lowest BCUT2D eigenvalue weighted by atomic mass is 10.1. The minimum absolute atomic E-state index is 0.134. The molecule has 0 radical (unpaired) electrons. The van der Waals surface area contributed by atoms with Crippen molar-refractivity contribution in [3.63, 3.8) is 0 Å². The molecular weight excluding hydrogens is 345 g/mol. The number of halogens is 1. The van der Waals surface area contributed by atoms with Crippen LogP contribution in [0.2, 0.25) is 0 Å². The molecule has 0 saturated carbocycles. The average Bonchev–Trinajstić information content (AvgIpc) is 3.27. The molecule has 3 rings (SSSR count). The zero-order chi connectivity index (χ0) is 17.6. The van der Waals surface area contributed by atoms with Crippen LogP contribution in [0.25, 0.3) is 11.7 Å². The Morgan fingerprint density at radius 2 is 2.08 bits per heavy atom. The molecule has 8 heteroatoms. The summed E-state index contributed by atoms with van der Waals surface area (Å²) in [6, 6.07) is 9.66. The third kappa shape index (κ3) is 4.69. The molecule has 1 atom stereocenters. The molecule has 2 aromatic heterocycles. The summed E-state index contributed by atoms with van der Waals surface area (Å²) in [6.07, 6.45) is 2.15. The third-order valence-corrected chi connectivity index (χ3v) is 4.35. The van der Waals surface area contributed by atoms with E-state index in [1.54, 1.807) is 31.2 Å². The quantitative estimate of drug-likeness (QED) is 0.650. The molecule has 0 spiro atoms. The number of carbonyl (C=O) groups is 1. The fourth-order valence-corrected chi connectivity index (χ4v) is 2.79. The van der Waals surface area contributed by atoms with Crippen molar-refractivity contribution in [2.45, 2.75) is 23.8 Å². The Hall–Kier alpha value is -2.61. The molecule has 2 heterocycles. The lowest BCUT2D eigenvalue weighted by Gasteiger charge is -2.09. The van der Waals surface area contributed by atoms with Gasteiger partial charge in [0.1, 0.15) is 5.82 Å². The molecule has 0 bridgehead atoms. The van der Waals surface area contributed by atoms with Gasteiger partial charge in [0.05, 0.1) is 11.5 Å². The highest BCUT2D eigenvalue weighted by Crippen LogP contribution is 2.26. The molecule has 0 aliphatic heterocycles. The van der Waals surface area contributed by atoms with Crippen LogP contribution in [0.1, 0.15) is 12.5 Å². The second kappa shape index (κ2) is 7.98. The molecule has 0 aliphatic rings. The molecule has 0 saturated heterocycles. The van der Waals surface area contributed by atoms with Crippen LogP contribution in [0.3, 0.4) is 0 Å². The summed E-state index contributed by atoms with van der Waals surface area (Å²) in [5.74, 6) is 0.350. The Labute approximate surface area is 147 Å². The van der Waals surface area contributed by atoms with Gasteiger partial charge in [-0.3, -0.25) is 4.79 Å². The molecule has 0 fully saturated rings. The molecule has 6 nitrogen and oxygen atoms in total. The van der Waals surface area contributed by atoms with Gasteiger partial charge < -0.3 is 14.2 Å². The lowest BCUT2D eigenvalue weighted by molar-refractivity contribution is -0.120. The summed E-state index contributed by atoms with van der Waals surface area (Å²) in [6.45, 7) is 2.23. The van der Waals surface area contributed by atoms with Crippen molar-refractivity contribution in [2.75, 3.05) is 6.54 Å². The van der Waals surface area contributed by atoms with Crippen LogP contribution in [-0.4, -0.2) is 27.9 Å². The first-order valence-electron chi connectivity index (χ1n) is 7.68. The fourth-order valence-electron chi connectivity index (χ4n) is 2.09. The summed E-state index contributed by atoms with van der Waals surface area (Å²) in [7, 11) is 0. The first-order valence-corrected chi connectivity index (χ1v) is 8.56. The van der Waals surface area contributed by atoms with Crippen molar-refractivity contribution < 1.29 is 18.0 Å². The van der Waals surface area contributed by atoms with Gasteiger partial charge in [-0.15, -0.1) is 10.2 Å². The van der Waals surface area contributed by atoms with Gasteiger partial charge in [-0.25, -0.2) is 4.39 Å². The highest BCUT2D eigenvalue weighted by Gasteiger charge is 2.19. The van der Waals surface area contributed by atoms with Gasteiger partial charge in [0.2, 0.25) is 5.91 Å². The van der Waals surface area contributed by atoms with E-state index in [2.05, 4.69) is 15.5 Å². The van der Waals surface area contributed by atoms with Crippen molar-refractivity contribution in [2.24, 2.45) is 0 Å².